The topological polar surface area (TPSA) is 74.4 Å². The Morgan fingerprint density at radius 2 is 2.29 bits per heavy atom. The van der Waals surface area contributed by atoms with Crippen LogP contribution in [0.15, 0.2) is 36.5 Å². The van der Waals surface area contributed by atoms with Crippen molar-refractivity contribution < 1.29 is 14.3 Å². The van der Waals surface area contributed by atoms with Gasteiger partial charge in [0, 0.05) is 6.42 Å². The van der Waals surface area contributed by atoms with Gasteiger partial charge in [-0.25, -0.2) is 4.79 Å². The molecule has 1 aliphatic heterocycles. The second-order valence-electron chi connectivity index (χ2n) is 5.05. The summed E-state index contributed by atoms with van der Waals surface area (Å²) in [6.07, 6.45) is 2.13. The zero-order valence-corrected chi connectivity index (χ0v) is 11.7. The molecule has 1 atom stereocenters. The van der Waals surface area contributed by atoms with E-state index in [4.69, 9.17) is 15.2 Å². The lowest BCUT2D eigenvalue weighted by molar-refractivity contribution is 0.0345. The number of esters is 1. The molecule has 0 aliphatic carbocycles. The van der Waals surface area contributed by atoms with Gasteiger partial charge in [-0.05, 0) is 24.6 Å². The predicted molar refractivity (Wildman–Crippen MR) is 78.2 cm³/mol. The van der Waals surface area contributed by atoms with Crippen LogP contribution in [0.4, 0.5) is 5.69 Å². The van der Waals surface area contributed by atoms with Crippen LogP contribution in [0, 0.1) is 6.92 Å². The summed E-state index contributed by atoms with van der Waals surface area (Å²) >= 11 is 0. The second-order valence-corrected chi connectivity index (χ2v) is 5.05. The van der Waals surface area contributed by atoms with Crippen LogP contribution in [0.2, 0.25) is 0 Å². The smallest absolute Gasteiger partial charge is 0.340 e. The van der Waals surface area contributed by atoms with E-state index in [0.29, 0.717) is 16.9 Å². The second kappa shape index (κ2) is 5.44. The van der Waals surface area contributed by atoms with Crippen molar-refractivity contribution in [2.24, 2.45) is 0 Å². The molecule has 0 radical (unpaired) electrons. The maximum Gasteiger partial charge on any atom is 0.340 e. The maximum absolute atomic E-state index is 12.1. The van der Waals surface area contributed by atoms with Crippen LogP contribution < -0.4 is 10.5 Å². The molecule has 0 bridgehead atoms. The van der Waals surface area contributed by atoms with Gasteiger partial charge in [-0.1, -0.05) is 18.2 Å². The van der Waals surface area contributed by atoms with Gasteiger partial charge in [0.25, 0.3) is 0 Å². The molecule has 2 heterocycles. The normalized spacial score (nSPS) is 16.1. The van der Waals surface area contributed by atoms with E-state index < -0.39 is 5.97 Å². The molecule has 21 heavy (non-hydrogen) atoms. The fraction of sp³-hybridized carbons (Fsp3) is 0.250. The van der Waals surface area contributed by atoms with E-state index in [2.05, 4.69) is 4.98 Å². The molecule has 5 nitrogen and oxygen atoms in total. The first kappa shape index (κ1) is 13.4. The SMILES string of the molecule is Cc1ncc(N)cc1C(=O)OCC1Cc2ccccc2O1. The quantitative estimate of drug-likeness (QED) is 0.874. The minimum Gasteiger partial charge on any atom is -0.486 e. The Kier molecular flexibility index (Phi) is 3.48. The molecule has 5 heteroatoms. The molecule has 1 aromatic heterocycles. The highest BCUT2D eigenvalue weighted by molar-refractivity contribution is 5.91. The summed E-state index contributed by atoms with van der Waals surface area (Å²) in [7, 11) is 0. The molecule has 1 aliphatic rings. The number of rotatable bonds is 3. The number of fused-ring (bicyclic) bond motifs is 1. The molecule has 0 spiro atoms. The number of aromatic nitrogens is 1. The number of pyridine rings is 1. The third-order valence-corrected chi connectivity index (χ3v) is 3.44. The molecule has 0 amide bonds. The highest BCUT2D eigenvalue weighted by atomic mass is 16.6. The number of ether oxygens (including phenoxy) is 2. The lowest BCUT2D eigenvalue weighted by Crippen LogP contribution is -2.23. The van der Waals surface area contributed by atoms with Crippen molar-refractivity contribution in [3.8, 4) is 5.75 Å². The van der Waals surface area contributed by atoms with Crippen LogP contribution >= 0.6 is 0 Å². The van der Waals surface area contributed by atoms with Gasteiger partial charge >= 0.3 is 5.97 Å². The van der Waals surface area contributed by atoms with E-state index in [1.807, 2.05) is 24.3 Å². The number of anilines is 1. The minimum atomic E-state index is -0.424. The van der Waals surface area contributed by atoms with Gasteiger partial charge in [0.05, 0.1) is 23.1 Å². The number of nitrogens with two attached hydrogens (primary N) is 1. The molecule has 0 saturated carbocycles. The molecule has 1 aromatic carbocycles. The first-order valence-electron chi connectivity index (χ1n) is 6.77. The van der Waals surface area contributed by atoms with Gasteiger partial charge in [0.15, 0.2) is 0 Å². The first-order chi connectivity index (χ1) is 10.1. The number of benzene rings is 1. The van der Waals surface area contributed by atoms with E-state index in [-0.39, 0.29) is 12.7 Å². The number of hydrogen-bond acceptors (Lipinski definition) is 5. The van der Waals surface area contributed by atoms with Crippen molar-refractivity contribution in [2.45, 2.75) is 19.4 Å². The Balaban J connectivity index is 1.61. The van der Waals surface area contributed by atoms with E-state index >= 15 is 0 Å². The summed E-state index contributed by atoms with van der Waals surface area (Å²) in [6.45, 7) is 1.96. The van der Waals surface area contributed by atoms with Crippen molar-refractivity contribution >= 4 is 11.7 Å². The fourth-order valence-electron chi connectivity index (χ4n) is 2.35. The number of carbonyl (C=O) groups excluding carboxylic acids is 1. The van der Waals surface area contributed by atoms with Gasteiger partial charge in [-0.3, -0.25) is 4.98 Å². The number of nitrogens with zero attached hydrogens (tertiary/aromatic N) is 1. The van der Waals surface area contributed by atoms with Crippen LogP contribution in [-0.2, 0) is 11.2 Å². The van der Waals surface area contributed by atoms with Gasteiger partial charge in [-0.2, -0.15) is 0 Å². The number of hydrogen-bond donors (Lipinski definition) is 1. The molecule has 108 valence electrons. The van der Waals surface area contributed by atoms with Crippen molar-refractivity contribution in [2.75, 3.05) is 12.3 Å². The van der Waals surface area contributed by atoms with Crippen LogP contribution in [0.25, 0.3) is 0 Å². The lowest BCUT2D eigenvalue weighted by atomic mass is 10.1. The molecule has 0 fully saturated rings. The number of para-hydroxylation sites is 1. The molecule has 2 aromatic rings. The van der Waals surface area contributed by atoms with Gasteiger partial charge in [0.2, 0.25) is 0 Å². The average Bonchev–Trinajstić information content (AvgIpc) is 2.90. The highest BCUT2D eigenvalue weighted by Gasteiger charge is 2.24. The van der Waals surface area contributed by atoms with Crippen LogP contribution in [0.3, 0.4) is 0 Å². The first-order valence-corrected chi connectivity index (χ1v) is 6.77. The van der Waals surface area contributed by atoms with Crippen molar-refractivity contribution in [3.05, 3.63) is 53.3 Å². The zero-order chi connectivity index (χ0) is 14.8. The third kappa shape index (κ3) is 2.81. The van der Waals surface area contributed by atoms with E-state index in [1.54, 1.807) is 13.0 Å². The lowest BCUT2D eigenvalue weighted by Gasteiger charge is -2.12. The summed E-state index contributed by atoms with van der Waals surface area (Å²) in [5, 5.41) is 0. The third-order valence-electron chi connectivity index (χ3n) is 3.44. The average molecular weight is 284 g/mol. The Morgan fingerprint density at radius 1 is 1.48 bits per heavy atom. The van der Waals surface area contributed by atoms with Crippen molar-refractivity contribution in [1.82, 2.24) is 4.98 Å². The molecule has 3 rings (SSSR count). The highest BCUT2D eigenvalue weighted by Crippen LogP contribution is 2.28. The number of carbonyl (C=O) groups is 1. The largest absolute Gasteiger partial charge is 0.486 e. The molecule has 1 unspecified atom stereocenters. The molecular weight excluding hydrogens is 268 g/mol. The van der Waals surface area contributed by atoms with Crippen molar-refractivity contribution in [3.63, 3.8) is 0 Å². The summed E-state index contributed by atoms with van der Waals surface area (Å²) in [5.74, 6) is 0.437. The Bertz CT molecular complexity index is 660. The zero-order valence-electron chi connectivity index (χ0n) is 11.7. The predicted octanol–water partition coefficient (Wildman–Crippen LogP) is 2.13. The standard InChI is InChI=1S/C16H16N2O3/c1-10-14(7-12(17)8-18-10)16(19)20-9-13-6-11-4-2-3-5-15(11)21-13/h2-5,7-8,13H,6,9,17H2,1H3. The summed E-state index contributed by atoms with van der Waals surface area (Å²) in [5.41, 5.74) is 8.22. The molecule has 0 saturated heterocycles. The summed E-state index contributed by atoms with van der Waals surface area (Å²) < 4.78 is 11.0. The summed E-state index contributed by atoms with van der Waals surface area (Å²) in [4.78, 5) is 16.1. The van der Waals surface area contributed by atoms with E-state index in [0.717, 1.165) is 17.7 Å². The van der Waals surface area contributed by atoms with E-state index in [1.165, 1.54) is 6.20 Å². The summed E-state index contributed by atoms with van der Waals surface area (Å²) in [6, 6.07) is 9.41. The number of aryl methyl sites for hydroxylation is 1. The Morgan fingerprint density at radius 3 is 3.10 bits per heavy atom. The fourth-order valence-corrected chi connectivity index (χ4v) is 2.35. The Labute approximate surface area is 122 Å². The monoisotopic (exact) mass is 284 g/mol. The Hall–Kier alpha value is -2.56. The van der Waals surface area contributed by atoms with Gasteiger partial charge in [0.1, 0.15) is 18.5 Å². The maximum atomic E-state index is 12.1. The molecule has 2 N–H and O–H groups in total. The molecular formula is C16H16N2O3. The van der Waals surface area contributed by atoms with Crippen LogP contribution in [0.5, 0.6) is 5.75 Å². The number of nitrogen functional groups attached to an aromatic ring is 1. The van der Waals surface area contributed by atoms with Crippen LogP contribution in [0.1, 0.15) is 21.6 Å². The van der Waals surface area contributed by atoms with Gasteiger partial charge in [-0.15, -0.1) is 0 Å². The van der Waals surface area contributed by atoms with E-state index in [9.17, 15) is 4.79 Å². The van der Waals surface area contributed by atoms with Gasteiger partial charge < -0.3 is 15.2 Å². The minimum absolute atomic E-state index is 0.138. The van der Waals surface area contributed by atoms with Crippen LogP contribution in [-0.4, -0.2) is 23.7 Å². The van der Waals surface area contributed by atoms with Crippen molar-refractivity contribution in [1.29, 1.82) is 0 Å².